The topological polar surface area (TPSA) is 125 Å². The number of hydrogen-bond donors (Lipinski definition) is 2. The summed E-state index contributed by atoms with van der Waals surface area (Å²) in [5, 5.41) is 6.61. The van der Waals surface area contributed by atoms with E-state index in [0.717, 1.165) is 55.7 Å². The Kier molecular flexibility index (Phi) is 5.86. The van der Waals surface area contributed by atoms with E-state index < -0.39 is 17.5 Å². The van der Waals surface area contributed by atoms with E-state index in [1.165, 1.54) is 6.20 Å². The number of nitrogen functional groups attached to an aromatic ring is 1. The van der Waals surface area contributed by atoms with Gasteiger partial charge in [-0.25, -0.2) is 18.3 Å². The number of carbonyl (C=O) groups excluding carboxylic acids is 2. The third-order valence-electron chi connectivity index (χ3n) is 7.61. The fraction of sp³-hybridized carbons (Fsp3) is 0.458. The van der Waals surface area contributed by atoms with E-state index in [4.69, 9.17) is 5.73 Å². The van der Waals surface area contributed by atoms with Crippen LogP contribution in [-0.2, 0) is 4.79 Å². The van der Waals surface area contributed by atoms with Crippen LogP contribution in [0.2, 0.25) is 0 Å². The molecule has 0 saturated carbocycles. The summed E-state index contributed by atoms with van der Waals surface area (Å²) in [6, 6.07) is 0.303. The van der Waals surface area contributed by atoms with Crippen molar-refractivity contribution in [2.45, 2.75) is 25.3 Å². The highest BCUT2D eigenvalue weighted by atomic mass is 19.1. The van der Waals surface area contributed by atoms with Crippen LogP contribution in [0.4, 0.5) is 26.0 Å². The zero-order chi connectivity index (χ0) is 25.7. The number of aromatic nitrogens is 4. The van der Waals surface area contributed by atoms with Crippen molar-refractivity contribution < 1.29 is 18.4 Å². The van der Waals surface area contributed by atoms with Crippen LogP contribution in [0.25, 0.3) is 5.65 Å². The van der Waals surface area contributed by atoms with Crippen molar-refractivity contribution in [1.29, 1.82) is 0 Å². The Bertz CT molecular complexity index is 1370. The van der Waals surface area contributed by atoms with Crippen molar-refractivity contribution in [3.05, 3.63) is 42.0 Å². The van der Waals surface area contributed by atoms with Gasteiger partial charge in [0.15, 0.2) is 23.1 Å². The number of amides is 2. The molecule has 0 aromatic carbocycles. The summed E-state index contributed by atoms with van der Waals surface area (Å²) >= 11 is 0. The molecule has 13 heteroatoms. The first-order valence-electron chi connectivity index (χ1n) is 12.4. The van der Waals surface area contributed by atoms with Crippen LogP contribution >= 0.6 is 0 Å². The van der Waals surface area contributed by atoms with Crippen LogP contribution in [0.15, 0.2) is 24.8 Å². The molecule has 2 amide bonds. The van der Waals surface area contributed by atoms with Crippen molar-refractivity contribution >= 4 is 34.7 Å². The number of nitrogens with two attached hydrogens (primary N) is 1. The summed E-state index contributed by atoms with van der Waals surface area (Å²) in [6.45, 7) is 4.63. The van der Waals surface area contributed by atoms with Gasteiger partial charge in [-0.3, -0.25) is 19.5 Å². The number of halogens is 2. The van der Waals surface area contributed by atoms with Gasteiger partial charge >= 0.3 is 0 Å². The molecule has 2 unspecified atom stereocenters. The van der Waals surface area contributed by atoms with E-state index in [1.54, 1.807) is 0 Å². The number of carbonyl (C=O) groups is 2. The monoisotopic (exact) mass is 511 g/mol. The summed E-state index contributed by atoms with van der Waals surface area (Å²) in [5.74, 6) is -1.92. The van der Waals surface area contributed by atoms with Crippen LogP contribution < -0.4 is 16.0 Å². The van der Waals surface area contributed by atoms with Gasteiger partial charge in [-0.2, -0.15) is 0 Å². The molecule has 0 spiro atoms. The average molecular weight is 512 g/mol. The number of fused-ring (bicyclic) bond motifs is 3. The zero-order valence-corrected chi connectivity index (χ0v) is 20.1. The van der Waals surface area contributed by atoms with Gasteiger partial charge in [-0.05, 0) is 19.3 Å². The van der Waals surface area contributed by atoms with Gasteiger partial charge in [0.05, 0.1) is 30.5 Å². The van der Waals surface area contributed by atoms with E-state index >= 15 is 4.39 Å². The molecule has 2 bridgehead atoms. The molecular formula is C24H27F2N9O2. The number of piperidine rings is 1. The third kappa shape index (κ3) is 4.22. The number of nitrogens with zero attached hydrogens (tertiary/aromatic N) is 7. The number of hydrogen-bond acceptors (Lipinski definition) is 8. The number of anilines is 3. The molecule has 6 rings (SSSR count). The quantitative estimate of drug-likeness (QED) is 0.538. The minimum atomic E-state index is -0.666. The summed E-state index contributed by atoms with van der Waals surface area (Å²) in [4.78, 5) is 40.5. The van der Waals surface area contributed by atoms with Crippen molar-refractivity contribution in [2.24, 2.45) is 5.92 Å². The normalized spacial score (nSPS) is 22.0. The second-order valence-electron chi connectivity index (χ2n) is 9.81. The zero-order valence-electron chi connectivity index (χ0n) is 20.1. The lowest BCUT2D eigenvalue weighted by Crippen LogP contribution is -2.52. The van der Waals surface area contributed by atoms with E-state index in [2.05, 4.69) is 25.3 Å². The molecule has 3 aromatic rings. The molecule has 3 aliphatic rings. The van der Waals surface area contributed by atoms with Crippen LogP contribution in [-0.4, -0.2) is 86.5 Å². The van der Waals surface area contributed by atoms with E-state index in [9.17, 15) is 14.0 Å². The summed E-state index contributed by atoms with van der Waals surface area (Å²) < 4.78 is 29.6. The Hall–Kier alpha value is -3.87. The first kappa shape index (κ1) is 23.5. The van der Waals surface area contributed by atoms with Gasteiger partial charge in [0, 0.05) is 51.2 Å². The highest BCUT2D eigenvalue weighted by Crippen LogP contribution is 2.34. The third-order valence-corrected chi connectivity index (χ3v) is 7.61. The Balaban J connectivity index is 1.18. The number of pyridine rings is 1. The van der Waals surface area contributed by atoms with Crippen molar-refractivity contribution in [2.75, 3.05) is 55.2 Å². The Labute approximate surface area is 211 Å². The predicted molar refractivity (Wildman–Crippen MR) is 131 cm³/mol. The molecule has 6 heterocycles. The van der Waals surface area contributed by atoms with Gasteiger partial charge in [0.1, 0.15) is 11.3 Å². The minimum absolute atomic E-state index is 0.0495. The fourth-order valence-electron chi connectivity index (χ4n) is 5.75. The summed E-state index contributed by atoms with van der Waals surface area (Å²) in [6.07, 6.45) is 6.69. The van der Waals surface area contributed by atoms with Gasteiger partial charge in [-0.1, -0.05) is 0 Å². The average Bonchev–Trinajstić information content (AvgIpc) is 3.42. The molecule has 3 saturated heterocycles. The second-order valence-corrected chi connectivity index (χ2v) is 9.81. The Morgan fingerprint density at radius 2 is 1.84 bits per heavy atom. The number of piperazine rings is 1. The lowest BCUT2D eigenvalue weighted by Gasteiger charge is -2.39. The molecule has 0 radical (unpaired) electrons. The maximum atomic E-state index is 15.0. The SMILES string of the molecule is Nc1nn2cc(F)cnc2c1C(=O)Nc1cncc(F)c1N1CCC(C(=O)N2CCN3CCC2C3)CC1. The van der Waals surface area contributed by atoms with Crippen molar-refractivity contribution in [3.63, 3.8) is 0 Å². The number of rotatable bonds is 4. The van der Waals surface area contributed by atoms with E-state index in [0.29, 0.717) is 32.0 Å². The lowest BCUT2D eigenvalue weighted by molar-refractivity contribution is -0.139. The van der Waals surface area contributed by atoms with Gasteiger partial charge in [0.2, 0.25) is 5.91 Å². The Morgan fingerprint density at radius 1 is 1.03 bits per heavy atom. The van der Waals surface area contributed by atoms with Gasteiger partial charge in [0.25, 0.3) is 5.91 Å². The standard InChI is InChI=1S/C24H27F2N9O2/c25-15-9-29-22-19(21(27)31-35(22)12-15)23(36)30-18-11-28-10-17(26)20(18)33-5-1-14(2-6-33)24(37)34-8-7-32-4-3-16(34)13-32/h9-12,14,16H,1-8,13H2,(H2,27,31)(H,30,36). The molecule has 0 aliphatic carbocycles. The van der Waals surface area contributed by atoms with E-state index in [1.807, 2.05) is 9.80 Å². The number of nitrogens with one attached hydrogen (secondary N) is 1. The Morgan fingerprint density at radius 3 is 2.65 bits per heavy atom. The van der Waals surface area contributed by atoms with Crippen LogP contribution in [0.5, 0.6) is 0 Å². The van der Waals surface area contributed by atoms with Crippen LogP contribution in [0, 0.1) is 17.6 Å². The minimum Gasteiger partial charge on any atom is -0.381 e. The smallest absolute Gasteiger partial charge is 0.263 e. The summed E-state index contributed by atoms with van der Waals surface area (Å²) in [5.41, 5.74) is 6.29. The molecule has 37 heavy (non-hydrogen) atoms. The second kappa shape index (κ2) is 9.21. The van der Waals surface area contributed by atoms with Crippen molar-refractivity contribution in [1.82, 2.24) is 29.4 Å². The molecule has 3 aliphatic heterocycles. The molecule has 2 atom stereocenters. The first-order chi connectivity index (χ1) is 17.9. The molecule has 11 nitrogen and oxygen atoms in total. The molecule has 3 aromatic heterocycles. The molecule has 3 fully saturated rings. The summed E-state index contributed by atoms with van der Waals surface area (Å²) in [7, 11) is 0. The largest absolute Gasteiger partial charge is 0.381 e. The maximum absolute atomic E-state index is 15.0. The van der Waals surface area contributed by atoms with Crippen molar-refractivity contribution in [3.8, 4) is 0 Å². The van der Waals surface area contributed by atoms with Crippen LogP contribution in [0.1, 0.15) is 29.6 Å². The van der Waals surface area contributed by atoms with Gasteiger partial charge in [-0.15, -0.1) is 5.10 Å². The van der Waals surface area contributed by atoms with Gasteiger partial charge < -0.3 is 20.9 Å². The maximum Gasteiger partial charge on any atom is 0.263 e. The van der Waals surface area contributed by atoms with E-state index in [-0.39, 0.29) is 40.2 Å². The fourth-order valence-corrected chi connectivity index (χ4v) is 5.75. The predicted octanol–water partition coefficient (Wildman–Crippen LogP) is 1.37. The highest BCUT2D eigenvalue weighted by Gasteiger charge is 2.38. The lowest BCUT2D eigenvalue weighted by atomic mass is 9.93. The molecule has 194 valence electrons. The van der Waals surface area contributed by atoms with Crippen LogP contribution in [0.3, 0.4) is 0 Å². The highest BCUT2D eigenvalue weighted by molar-refractivity contribution is 6.12. The molecular weight excluding hydrogens is 484 g/mol. The molecule has 3 N–H and O–H groups in total. The first-order valence-corrected chi connectivity index (χ1v) is 12.4.